The fourth-order valence-corrected chi connectivity index (χ4v) is 4.59. The van der Waals surface area contributed by atoms with Crippen LogP contribution in [0, 0.1) is 0 Å². The van der Waals surface area contributed by atoms with E-state index in [-0.39, 0.29) is 5.78 Å². The van der Waals surface area contributed by atoms with Crippen LogP contribution in [0.1, 0.15) is 42.5 Å². The molecule has 2 aliphatic heterocycles. The lowest BCUT2D eigenvalue weighted by Gasteiger charge is -2.44. The van der Waals surface area contributed by atoms with Gasteiger partial charge in [0.2, 0.25) is 0 Å². The molecule has 2 fully saturated rings. The van der Waals surface area contributed by atoms with Crippen molar-refractivity contribution in [3.8, 4) is 0 Å². The third-order valence-electron chi connectivity index (χ3n) is 5.58. The van der Waals surface area contributed by atoms with Gasteiger partial charge in [0.05, 0.1) is 6.67 Å². The van der Waals surface area contributed by atoms with Gasteiger partial charge in [0.15, 0.2) is 10.9 Å². The molecule has 2 heterocycles. The second-order valence-electron chi connectivity index (χ2n) is 7.58. The number of nitrogens with one attached hydrogen (secondary N) is 1. The number of benzene rings is 2. The smallest absolute Gasteiger partial charge is 0.186 e. The average Bonchev–Trinajstić information content (AvgIpc) is 2.73. The van der Waals surface area contributed by atoms with Crippen LogP contribution < -0.4 is 5.32 Å². The van der Waals surface area contributed by atoms with Crippen LogP contribution >= 0.6 is 35.4 Å². The number of halogens is 2. The molecule has 0 spiro atoms. The number of thiocarbonyl (C=S) groups is 1. The second kappa shape index (κ2) is 9.00. The third-order valence-corrected chi connectivity index (χ3v) is 6.44. The molecule has 2 aliphatic rings. The molecule has 0 saturated carbocycles. The summed E-state index contributed by atoms with van der Waals surface area (Å²) in [4.78, 5) is 18.0. The Balaban J connectivity index is 1.67. The largest absolute Gasteiger partial charge is 0.349 e. The number of likely N-dealkylation sites (tertiary alicyclic amines) is 1. The standard InChI is InChI=1S/C22H23Cl2N3OS/c23-17-8-4-15(5-9-17)19-21(28)20(16-6-10-18(24)11-7-16)27(22(29)25-19)14-26-12-2-1-3-13-26/h4-11,19-20H,1-3,12-14H2,(H,25,29). The van der Waals surface area contributed by atoms with E-state index in [0.717, 1.165) is 24.2 Å². The van der Waals surface area contributed by atoms with Crippen LogP contribution in [0.4, 0.5) is 0 Å². The minimum absolute atomic E-state index is 0.0697. The number of ketones is 1. The molecule has 4 rings (SSSR count). The van der Waals surface area contributed by atoms with E-state index in [1.165, 1.54) is 19.3 Å². The van der Waals surface area contributed by atoms with Gasteiger partial charge in [-0.25, -0.2) is 0 Å². The summed E-state index contributed by atoms with van der Waals surface area (Å²) in [6.07, 6.45) is 3.62. The highest BCUT2D eigenvalue weighted by molar-refractivity contribution is 7.80. The van der Waals surface area contributed by atoms with E-state index in [2.05, 4.69) is 10.2 Å². The maximum absolute atomic E-state index is 13.6. The summed E-state index contributed by atoms with van der Waals surface area (Å²) in [5.41, 5.74) is 1.76. The van der Waals surface area contributed by atoms with Crippen LogP contribution in [0.15, 0.2) is 48.5 Å². The number of carbonyl (C=O) groups excluding carboxylic acids is 1. The lowest BCUT2D eigenvalue weighted by molar-refractivity contribution is -0.127. The van der Waals surface area contributed by atoms with E-state index in [9.17, 15) is 4.79 Å². The van der Waals surface area contributed by atoms with Gasteiger partial charge in [0, 0.05) is 10.0 Å². The molecule has 0 amide bonds. The normalized spacial score (nSPS) is 23.2. The number of carbonyl (C=O) groups is 1. The molecule has 152 valence electrons. The molecule has 4 nitrogen and oxygen atoms in total. The van der Waals surface area contributed by atoms with Gasteiger partial charge in [-0.2, -0.15) is 0 Å². The highest BCUT2D eigenvalue weighted by atomic mass is 35.5. The Labute approximate surface area is 186 Å². The fraction of sp³-hybridized carbons (Fsp3) is 0.364. The van der Waals surface area contributed by atoms with Crippen LogP contribution in [0.2, 0.25) is 10.0 Å². The quantitative estimate of drug-likeness (QED) is 0.668. The van der Waals surface area contributed by atoms with E-state index in [4.69, 9.17) is 35.4 Å². The number of hydrogen-bond acceptors (Lipinski definition) is 3. The molecule has 2 aromatic rings. The maximum atomic E-state index is 13.6. The Bertz CT molecular complexity index is 882. The van der Waals surface area contributed by atoms with Crippen molar-refractivity contribution in [3.05, 3.63) is 69.7 Å². The molecule has 29 heavy (non-hydrogen) atoms. The maximum Gasteiger partial charge on any atom is 0.186 e. The van der Waals surface area contributed by atoms with Gasteiger partial charge in [0.1, 0.15) is 12.1 Å². The summed E-state index contributed by atoms with van der Waals surface area (Å²) < 4.78 is 0. The van der Waals surface area contributed by atoms with Gasteiger partial charge in [-0.3, -0.25) is 9.69 Å². The van der Waals surface area contributed by atoms with E-state index < -0.39 is 12.1 Å². The first-order valence-corrected chi connectivity index (χ1v) is 11.0. The molecule has 0 radical (unpaired) electrons. The van der Waals surface area contributed by atoms with E-state index >= 15 is 0 Å². The number of rotatable bonds is 4. The predicted octanol–water partition coefficient (Wildman–Crippen LogP) is 4.98. The van der Waals surface area contributed by atoms with Crippen LogP contribution in [0.25, 0.3) is 0 Å². The van der Waals surface area contributed by atoms with E-state index in [1.54, 1.807) is 12.1 Å². The summed E-state index contributed by atoms with van der Waals surface area (Å²) in [6, 6.07) is 13.9. The Hall–Kier alpha value is -1.66. The SMILES string of the molecule is O=C1C(c2ccc(Cl)cc2)NC(=S)N(CN2CCCCC2)C1c1ccc(Cl)cc1. The molecule has 2 saturated heterocycles. The van der Waals surface area contributed by atoms with Crippen LogP contribution in [-0.2, 0) is 4.79 Å². The van der Waals surface area contributed by atoms with Crippen molar-refractivity contribution >= 4 is 46.3 Å². The van der Waals surface area contributed by atoms with Crippen molar-refractivity contribution in [3.63, 3.8) is 0 Å². The zero-order valence-electron chi connectivity index (χ0n) is 16.0. The van der Waals surface area contributed by atoms with Gasteiger partial charge in [-0.1, -0.05) is 53.9 Å². The van der Waals surface area contributed by atoms with Crippen molar-refractivity contribution in [2.75, 3.05) is 19.8 Å². The number of piperidine rings is 1. The van der Waals surface area contributed by atoms with E-state index in [0.29, 0.717) is 21.8 Å². The molecule has 7 heteroatoms. The number of Topliss-reactive ketones (excluding diaryl/α,β-unsaturated/α-hetero) is 1. The Kier molecular flexibility index (Phi) is 6.40. The van der Waals surface area contributed by atoms with Gasteiger partial charge in [-0.15, -0.1) is 0 Å². The molecule has 0 bridgehead atoms. The van der Waals surface area contributed by atoms with Gasteiger partial charge >= 0.3 is 0 Å². The summed E-state index contributed by atoms with van der Waals surface area (Å²) in [5, 5.41) is 5.14. The Morgan fingerprint density at radius 2 is 1.45 bits per heavy atom. The van der Waals surface area contributed by atoms with E-state index in [1.807, 2.05) is 41.3 Å². The molecule has 0 aliphatic carbocycles. The molecule has 2 unspecified atom stereocenters. The monoisotopic (exact) mass is 447 g/mol. The first kappa shape index (κ1) is 20.6. The zero-order chi connectivity index (χ0) is 20.4. The molecular formula is C22H23Cl2N3OS. The lowest BCUT2D eigenvalue weighted by atomic mass is 9.90. The lowest BCUT2D eigenvalue weighted by Crippen LogP contribution is -2.57. The average molecular weight is 448 g/mol. The molecule has 1 N–H and O–H groups in total. The molecule has 0 aromatic heterocycles. The number of nitrogens with zero attached hydrogens (tertiary/aromatic N) is 2. The third kappa shape index (κ3) is 4.58. The zero-order valence-corrected chi connectivity index (χ0v) is 18.3. The second-order valence-corrected chi connectivity index (χ2v) is 8.84. The predicted molar refractivity (Wildman–Crippen MR) is 121 cm³/mol. The van der Waals surface area contributed by atoms with Gasteiger partial charge in [0.25, 0.3) is 0 Å². The Morgan fingerprint density at radius 3 is 2.03 bits per heavy atom. The van der Waals surface area contributed by atoms with Crippen LogP contribution in [0.5, 0.6) is 0 Å². The minimum Gasteiger partial charge on any atom is -0.349 e. The summed E-state index contributed by atoms with van der Waals surface area (Å²) in [7, 11) is 0. The van der Waals surface area contributed by atoms with Gasteiger partial charge < -0.3 is 10.2 Å². The molecule has 2 atom stereocenters. The van der Waals surface area contributed by atoms with Crippen molar-refractivity contribution < 1.29 is 4.79 Å². The first-order valence-electron chi connectivity index (χ1n) is 9.87. The summed E-state index contributed by atoms with van der Waals surface area (Å²) in [6.45, 7) is 2.70. The molecular weight excluding hydrogens is 425 g/mol. The van der Waals surface area contributed by atoms with Crippen molar-refractivity contribution in [1.29, 1.82) is 0 Å². The highest BCUT2D eigenvalue weighted by Gasteiger charge is 2.41. The minimum atomic E-state index is -0.502. The van der Waals surface area contributed by atoms with Crippen LogP contribution in [0.3, 0.4) is 0 Å². The Morgan fingerprint density at radius 1 is 0.897 bits per heavy atom. The topological polar surface area (TPSA) is 35.6 Å². The first-order chi connectivity index (χ1) is 14.0. The highest BCUT2D eigenvalue weighted by Crippen LogP contribution is 2.34. The number of hydrogen-bond donors (Lipinski definition) is 1. The fourth-order valence-electron chi connectivity index (χ4n) is 4.06. The van der Waals surface area contributed by atoms with Crippen molar-refractivity contribution in [2.45, 2.75) is 31.3 Å². The summed E-state index contributed by atoms with van der Waals surface area (Å²) in [5.74, 6) is 0.0697. The summed E-state index contributed by atoms with van der Waals surface area (Å²) >= 11 is 17.9. The van der Waals surface area contributed by atoms with Gasteiger partial charge in [-0.05, 0) is 73.5 Å². The van der Waals surface area contributed by atoms with Crippen LogP contribution in [-0.4, -0.2) is 40.5 Å². The molecule has 2 aromatic carbocycles. The van der Waals surface area contributed by atoms with Crippen molar-refractivity contribution in [2.24, 2.45) is 0 Å². The van der Waals surface area contributed by atoms with Crippen molar-refractivity contribution in [1.82, 2.24) is 15.1 Å².